The Balaban J connectivity index is 1.59. The lowest BCUT2D eigenvalue weighted by Gasteiger charge is -2.21. The van der Waals surface area contributed by atoms with Crippen LogP contribution < -0.4 is 24.8 Å². The van der Waals surface area contributed by atoms with E-state index in [1.165, 1.54) is 38.9 Å². The van der Waals surface area contributed by atoms with Crippen molar-refractivity contribution in [2.45, 2.75) is 51.1 Å². The number of methoxy groups -OCH3 is 1. The summed E-state index contributed by atoms with van der Waals surface area (Å²) in [7, 11) is 5.25. The first kappa shape index (κ1) is 23.7. The third-order valence-electron chi connectivity index (χ3n) is 6.11. The predicted molar refractivity (Wildman–Crippen MR) is 131 cm³/mol. The highest BCUT2D eigenvalue weighted by molar-refractivity contribution is 5.58. The Labute approximate surface area is 200 Å². The molecule has 9 heteroatoms. The SMILES string of the molecule is COc1ccc(N(C)c2nc(CNc3cc[n+](C)cc3)nc(NC3CCCCCC3)n2)cc1F. The standard InChI is InChI=1S/C25H32FN7O/c1-32-14-12-18(13-15-32)27-17-23-29-24(28-19-8-6-4-5-7-9-19)31-25(30-23)33(2)20-10-11-22(34-3)21(26)16-20/h10-16,19H,4-9,17H2,1-3H3,(H,28,29,30,31)/p+1. The normalized spacial score (nSPS) is 14.4. The molecular weight excluding hydrogens is 433 g/mol. The van der Waals surface area contributed by atoms with Crippen LogP contribution in [0.5, 0.6) is 5.75 Å². The molecule has 180 valence electrons. The van der Waals surface area contributed by atoms with Crippen molar-refractivity contribution in [3.05, 3.63) is 54.4 Å². The van der Waals surface area contributed by atoms with Crippen LogP contribution in [0.4, 0.5) is 27.7 Å². The average molecular weight is 467 g/mol. The second-order valence-corrected chi connectivity index (χ2v) is 8.69. The van der Waals surface area contributed by atoms with Crippen molar-refractivity contribution in [2.75, 3.05) is 29.7 Å². The third-order valence-corrected chi connectivity index (χ3v) is 6.11. The fraction of sp³-hybridized carbons (Fsp3) is 0.440. The van der Waals surface area contributed by atoms with Crippen LogP contribution in [-0.2, 0) is 13.6 Å². The largest absolute Gasteiger partial charge is 0.494 e. The average Bonchev–Trinajstić information content (AvgIpc) is 3.11. The summed E-state index contributed by atoms with van der Waals surface area (Å²) < 4.78 is 21.4. The molecule has 2 N–H and O–H groups in total. The summed E-state index contributed by atoms with van der Waals surface area (Å²) in [5, 5.41) is 6.90. The van der Waals surface area contributed by atoms with Gasteiger partial charge in [-0.2, -0.15) is 15.0 Å². The van der Waals surface area contributed by atoms with Gasteiger partial charge in [-0.05, 0) is 25.0 Å². The number of ether oxygens (including phenoxy) is 1. The minimum atomic E-state index is -0.433. The van der Waals surface area contributed by atoms with Gasteiger partial charge in [0, 0.05) is 42.7 Å². The second-order valence-electron chi connectivity index (χ2n) is 8.69. The van der Waals surface area contributed by atoms with Crippen molar-refractivity contribution >= 4 is 23.3 Å². The maximum absolute atomic E-state index is 14.3. The summed E-state index contributed by atoms with van der Waals surface area (Å²) in [5.41, 5.74) is 1.60. The third kappa shape index (κ3) is 6.09. The van der Waals surface area contributed by atoms with Crippen molar-refractivity contribution in [1.82, 2.24) is 15.0 Å². The molecule has 1 fully saturated rings. The number of halogens is 1. The zero-order valence-electron chi connectivity index (χ0n) is 20.1. The molecule has 0 atom stereocenters. The van der Waals surface area contributed by atoms with E-state index in [2.05, 4.69) is 25.6 Å². The van der Waals surface area contributed by atoms with Gasteiger partial charge < -0.3 is 20.3 Å². The number of hydrogen-bond donors (Lipinski definition) is 2. The molecule has 0 saturated heterocycles. The van der Waals surface area contributed by atoms with E-state index in [1.807, 2.05) is 43.2 Å². The lowest BCUT2D eigenvalue weighted by atomic mass is 10.1. The topological polar surface area (TPSA) is 79.1 Å². The summed E-state index contributed by atoms with van der Waals surface area (Å²) in [6, 6.07) is 9.15. The molecule has 2 heterocycles. The van der Waals surface area contributed by atoms with Crippen LogP contribution in [-0.4, -0.2) is 35.2 Å². The summed E-state index contributed by atoms with van der Waals surface area (Å²) in [4.78, 5) is 15.8. The van der Waals surface area contributed by atoms with Crippen molar-refractivity contribution in [3.8, 4) is 5.75 Å². The Hall–Kier alpha value is -3.49. The van der Waals surface area contributed by atoms with Crippen molar-refractivity contribution in [3.63, 3.8) is 0 Å². The first-order valence-corrected chi connectivity index (χ1v) is 11.8. The fourth-order valence-corrected chi connectivity index (χ4v) is 4.09. The van der Waals surface area contributed by atoms with Gasteiger partial charge in [-0.25, -0.2) is 8.96 Å². The predicted octanol–water partition coefficient (Wildman–Crippen LogP) is 4.36. The molecule has 0 spiro atoms. The van der Waals surface area contributed by atoms with E-state index in [4.69, 9.17) is 4.74 Å². The molecule has 0 unspecified atom stereocenters. The maximum Gasteiger partial charge on any atom is 0.234 e. The van der Waals surface area contributed by atoms with Gasteiger partial charge >= 0.3 is 0 Å². The Bertz CT molecular complexity index is 1090. The molecule has 1 saturated carbocycles. The molecule has 4 rings (SSSR count). The number of aryl methyl sites for hydroxylation is 1. The van der Waals surface area contributed by atoms with Crippen LogP contribution in [0.2, 0.25) is 0 Å². The van der Waals surface area contributed by atoms with Gasteiger partial charge in [-0.15, -0.1) is 0 Å². The zero-order valence-corrected chi connectivity index (χ0v) is 20.1. The first-order valence-electron chi connectivity index (χ1n) is 11.8. The van der Waals surface area contributed by atoms with Crippen LogP contribution in [0.15, 0.2) is 42.7 Å². The van der Waals surface area contributed by atoms with E-state index in [0.717, 1.165) is 18.5 Å². The van der Waals surface area contributed by atoms with Gasteiger partial charge in [-0.1, -0.05) is 25.7 Å². The van der Waals surface area contributed by atoms with Crippen LogP contribution in [0.1, 0.15) is 44.3 Å². The number of pyridine rings is 1. The fourth-order valence-electron chi connectivity index (χ4n) is 4.09. The number of benzene rings is 1. The summed E-state index contributed by atoms with van der Waals surface area (Å²) in [6.07, 6.45) is 11.1. The van der Waals surface area contributed by atoms with E-state index in [-0.39, 0.29) is 5.75 Å². The monoisotopic (exact) mass is 466 g/mol. The molecule has 2 aromatic heterocycles. The van der Waals surface area contributed by atoms with Gasteiger partial charge in [0.2, 0.25) is 11.9 Å². The molecule has 0 amide bonds. The van der Waals surface area contributed by atoms with Crippen LogP contribution in [0, 0.1) is 5.82 Å². The quantitative estimate of drug-likeness (QED) is 0.377. The minimum Gasteiger partial charge on any atom is -0.494 e. The highest BCUT2D eigenvalue weighted by Gasteiger charge is 2.17. The number of hydrogen-bond acceptors (Lipinski definition) is 7. The smallest absolute Gasteiger partial charge is 0.234 e. The summed E-state index contributed by atoms with van der Waals surface area (Å²) in [6.45, 7) is 0.438. The molecule has 1 aliphatic rings. The molecule has 8 nitrogen and oxygen atoms in total. The summed E-state index contributed by atoms with van der Waals surface area (Å²) >= 11 is 0. The molecule has 0 bridgehead atoms. The number of nitrogens with one attached hydrogen (secondary N) is 2. The first-order chi connectivity index (χ1) is 16.5. The molecular formula is C25H33FN7O+. The van der Waals surface area contributed by atoms with Gasteiger partial charge in [0.1, 0.15) is 7.05 Å². The Morgan fingerprint density at radius 1 is 1.06 bits per heavy atom. The molecule has 1 aliphatic carbocycles. The van der Waals surface area contributed by atoms with Gasteiger partial charge in [0.25, 0.3) is 0 Å². The second kappa shape index (κ2) is 11.1. The van der Waals surface area contributed by atoms with Crippen LogP contribution in [0.25, 0.3) is 0 Å². The lowest BCUT2D eigenvalue weighted by molar-refractivity contribution is -0.671. The van der Waals surface area contributed by atoms with E-state index in [0.29, 0.717) is 36.0 Å². The molecule has 0 aliphatic heterocycles. The number of anilines is 4. The molecule has 34 heavy (non-hydrogen) atoms. The van der Waals surface area contributed by atoms with Crippen LogP contribution >= 0.6 is 0 Å². The lowest BCUT2D eigenvalue weighted by Crippen LogP contribution is -2.26. The van der Waals surface area contributed by atoms with E-state index < -0.39 is 5.82 Å². The highest BCUT2D eigenvalue weighted by Crippen LogP contribution is 2.27. The Morgan fingerprint density at radius 3 is 2.47 bits per heavy atom. The van der Waals surface area contributed by atoms with Crippen LogP contribution in [0.3, 0.4) is 0 Å². The maximum atomic E-state index is 14.3. The molecule has 1 aromatic carbocycles. The highest BCUT2D eigenvalue weighted by atomic mass is 19.1. The van der Waals surface area contributed by atoms with Gasteiger partial charge in [0.15, 0.2) is 29.8 Å². The summed E-state index contributed by atoms with van der Waals surface area (Å²) in [5.74, 6) is 1.37. The van der Waals surface area contributed by atoms with Gasteiger partial charge in [-0.3, -0.25) is 0 Å². The Morgan fingerprint density at radius 2 is 1.79 bits per heavy atom. The molecule has 3 aromatic rings. The van der Waals surface area contributed by atoms with E-state index >= 15 is 0 Å². The molecule has 0 radical (unpaired) electrons. The zero-order chi connectivity index (χ0) is 23.9. The van der Waals surface area contributed by atoms with Gasteiger partial charge in [0.05, 0.1) is 13.7 Å². The van der Waals surface area contributed by atoms with Crippen molar-refractivity contribution < 1.29 is 13.7 Å². The number of rotatable bonds is 8. The van der Waals surface area contributed by atoms with E-state index in [1.54, 1.807) is 17.0 Å². The van der Waals surface area contributed by atoms with Crippen molar-refractivity contribution in [2.24, 2.45) is 7.05 Å². The van der Waals surface area contributed by atoms with E-state index in [9.17, 15) is 4.39 Å². The number of aromatic nitrogens is 4. The van der Waals surface area contributed by atoms with Crippen molar-refractivity contribution in [1.29, 1.82) is 0 Å². The minimum absolute atomic E-state index is 0.199. The Kier molecular flexibility index (Phi) is 7.72. The number of nitrogens with zero attached hydrogens (tertiary/aromatic N) is 5.